The summed E-state index contributed by atoms with van der Waals surface area (Å²) in [6.07, 6.45) is 4.44. The molecule has 1 aliphatic rings. The van der Waals surface area contributed by atoms with Crippen molar-refractivity contribution < 1.29 is 4.79 Å². The van der Waals surface area contributed by atoms with E-state index in [-0.39, 0.29) is 0 Å². The molecule has 0 unspecified atom stereocenters. The monoisotopic (exact) mass is 328 g/mol. The van der Waals surface area contributed by atoms with Gasteiger partial charge in [-0.3, -0.25) is 4.79 Å². The molecule has 1 aliphatic carbocycles. The zero-order valence-electron chi connectivity index (χ0n) is 13.2. The number of aldehydes is 1. The van der Waals surface area contributed by atoms with Crippen molar-refractivity contribution in [3.05, 3.63) is 41.6 Å². The van der Waals surface area contributed by atoms with E-state index in [0.29, 0.717) is 39.8 Å². The number of rotatable bonds is 5. The maximum atomic E-state index is 11.2. The Morgan fingerprint density at radius 3 is 2.88 bits per heavy atom. The Hall–Kier alpha value is -3.34. The lowest BCUT2D eigenvalue weighted by Gasteiger charge is -2.13. The van der Waals surface area contributed by atoms with Crippen LogP contribution in [0.2, 0.25) is 0 Å². The summed E-state index contributed by atoms with van der Waals surface area (Å²) in [5.41, 5.74) is 2.45. The summed E-state index contributed by atoms with van der Waals surface area (Å²) in [6.45, 7) is 0. The first-order valence-electron chi connectivity index (χ1n) is 7.85. The number of nitrogens with zero attached hydrogens (tertiary/aromatic N) is 4. The number of nitriles is 1. The molecule has 120 valence electrons. The maximum absolute atomic E-state index is 11.2. The molecule has 25 heavy (non-hydrogen) atoms. The van der Waals surface area contributed by atoms with Gasteiger partial charge in [0.25, 0.3) is 0 Å². The van der Waals surface area contributed by atoms with E-state index >= 15 is 0 Å². The molecule has 0 saturated heterocycles. The number of aromatic nitrogens is 3. The molecule has 0 bridgehead atoms. The summed E-state index contributed by atoms with van der Waals surface area (Å²) >= 11 is 0. The lowest BCUT2D eigenvalue weighted by molar-refractivity contribution is 0.112. The molecule has 0 aliphatic heterocycles. The second-order valence-corrected chi connectivity index (χ2v) is 5.94. The number of benzene rings is 1. The molecule has 3 aromatic rings. The van der Waals surface area contributed by atoms with Gasteiger partial charge in [0.15, 0.2) is 11.9 Å². The lowest BCUT2D eigenvalue weighted by Crippen LogP contribution is -2.13. The molecule has 2 radical (unpaired) electrons. The molecule has 1 saturated carbocycles. The third-order valence-corrected chi connectivity index (χ3v) is 4.00. The fraction of sp³-hybridized carbons (Fsp3) is 0.176. The highest BCUT2D eigenvalue weighted by Crippen LogP contribution is 2.27. The fourth-order valence-corrected chi connectivity index (χ4v) is 2.55. The molecule has 7 nitrogen and oxygen atoms in total. The van der Waals surface area contributed by atoms with Crippen molar-refractivity contribution in [2.75, 3.05) is 10.6 Å². The van der Waals surface area contributed by atoms with Crippen LogP contribution in [0.4, 0.5) is 17.3 Å². The van der Waals surface area contributed by atoms with E-state index < -0.39 is 0 Å². The first kappa shape index (κ1) is 15.2. The standard InChI is InChI=1S/C17H13BN6O/c18-13-5-10(7-19)1-4-14(13)22-15-6-16(21-12-2-3-12)24-17(23-15)11(9-25)8-20-24/h1,4-6,8-9,12,21H,2-3H2,(H,22,23). The van der Waals surface area contributed by atoms with Crippen LogP contribution in [0, 0.1) is 11.3 Å². The Morgan fingerprint density at radius 2 is 2.20 bits per heavy atom. The van der Waals surface area contributed by atoms with E-state index in [1.165, 1.54) is 6.20 Å². The molecule has 1 fully saturated rings. The van der Waals surface area contributed by atoms with Crippen LogP contribution >= 0.6 is 0 Å². The van der Waals surface area contributed by atoms with E-state index in [1.807, 2.05) is 12.1 Å². The van der Waals surface area contributed by atoms with Crippen molar-refractivity contribution >= 4 is 42.6 Å². The van der Waals surface area contributed by atoms with Crippen LogP contribution in [-0.2, 0) is 0 Å². The van der Waals surface area contributed by atoms with Gasteiger partial charge in [-0.15, -0.1) is 0 Å². The molecule has 0 spiro atoms. The molecule has 8 heteroatoms. The smallest absolute Gasteiger partial charge is 0.170 e. The van der Waals surface area contributed by atoms with Gasteiger partial charge in [0, 0.05) is 17.8 Å². The summed E-state index contributed by atoms with van der Waals surface area (Å²) in [7, 11) is 5.99. The number of nitrogens with one attached hydrogen (secondary N) is 2. The molecule has 2 heterocycles. The highest BCUT2D eigenvalue weighted by molar-refractivity contribution is 6.36. The zero-order valence-corrected chi connectivity index (χ0v) is 13.2. The van der Waals surface area contributed by atoms with Gasteiger partial charge in [0.2, 0.25) is 0 Å². The molecule has 2 aromatic heterocycles. The lowest BCUT2D eigenvalue weighted by atomic mass is 9.92. The minimum Gasteiger partial charge on any atom is -0.367 e. The van der Waals surface area contributed by atoms with E-state index in [0.717, 1.165) is 24.9 Å². The number of carbonyl (C=O) groups is 1. The van der Waals surface area contributed by atoms with Crippen molar-refractivity contribution in [2.45, 2.75) is 18.9 Å². The molecular formula is C17H13BN6O. The molecule has 0 atom stereocenters. The summed E-state index contributed by atoms with van der Waals surface area (Å²) in [4.78, 5) is 15.7. The highest BCUT2D eigenvalue weighted by Gasteiger charge is 2.23. The second-order valence-electron chi connectivity index (χ2n) is 5.94. The van der Waals surface area contributed by atoms with E-state index in [1.54, 1.807) is 22.7 Å². The average Bonchev–Trinajstić information content (AvgIpc) is 3.33. The minimum absolute atomic E-state index is 0.412. The third-order valence-electron chi connectivity index (χ3n) is 4.00. The number of hydrogen-bond donors (Lipinski definition) is 2. The first-order chi connectivity index (χ1) is 12.2. The number of fused-ring (bicyclic) bond motifs is 1. The molecule has 1 aromatic carbocycles. The maximum Gasteiger partial charge on any atom is 0.170 e. The Kier molecular flexibility index (Phi) is 3.62. The number of carbonyl (C=O) groups excluding carboxylic acids is 1. The quantitative estimate of drug-likeness (QED) is 0.545. The predicted octanol–water partition coefficient (Wildman–Crippen LogP) is 1.53. The van der Waals surface area contributed by atoms with Gasteiger partial charge in [-0.05, 0) is 31.0 Å². The van der Waals surface area contributed by atoms with Crippen molar-refractivity contribution in [3.63, 3.8) is 0 Å². The molecule has 4 rings (SSSR count). The van der Waals surface area contributed by atoms with Crippen LogP contribution in [0.1, 0.15) is 28.8 Å². The summed E-state index contributed by atoms with van der Waals surface area (Å²) in [5.74, 6) is 1.30. The van der Waals surface area contributed by atoms with Crippen LogP contribution < -0.4 is 16.1 Å². The largest absolute Gasteiger partial charge is 0.367 e. The normalized spacial score (nSPS) is 13.4. The predicted molar refractivity (Wildman–Crippen MR) is 94.8 cm³/mol. The zero-order chi connectivity index (χ0) is 17.4. The fourth-order valence-electron chi connectivity index (χ4n) is 2.55. The van der Waals surface area contributed by atoms with Gasteiger partial charge in [-0.2, -0.15) is 14.9 Å². The first-order valence-corrected chi connectivity index (χ1v) is 7.85. The van der Waals surface area contributed by atoms with Crippen molar-refractivity contribution in [1.29, 1.82) is 5.26 Å². The number of anilines is 3. The van der Waals surface area contributed by atoms with Gasteiger partial charge in [0.1, 0.15) is 19.5 Å². The summed E-state index contributed by atoms with van der Waals surface area (Å²) in [6, 6.07) is 9.29. The summed E-state index contributed by atoms with van der Waals surface area (Å²) in [5, 5.41) is 19.7. The SMILES string of the molecule is [B]c1cc(C#N)ccc1Nc1cc(NC2CC2)n2ncc(C=O)c2n1. The highest BCUT2D eigenvalue weighted by atomic mass is 16.1. The van der Waals surface area contributed by atoms with Crippen molar-refractivity contribution in [1.82, 2.24) is 14.6 Å². The van der Waals surface area contributed by atoms with Crippen molar-refractivity contribution in [2.24, 2.45) is 0 Å². The molecule has 0 amide bonds. The average molecular weight is 328 g/mol. The number of hydrogen-bond acceptors (Lipinski definition) is 6. The van der Waals surface area contributed by atoms with E-state index in [2.05, 4.69) is 20.7 Å². The third kappa shape index (κ3) is 2.92. The van der Waals surface area contributed by atoms with Crippen molar-refractivity contribution in [3.8, 4) is 6.07 Å². The van der Waals surface area contributed by atoms with Crippen LogP contribution in [0.25, 0.3) is 5.65 Å². The molecule has 2 N–H and O–H groups in total. The van der Waals surface area contributed by atoms with Crippen LogP contribution in [0.3, 0.4) is 0 Å². The van der Waals surface area contributed by atoms with Gasteiger partial charge < -0.3 is 10.6 Å². The van der Waals surface area contributed by atoms with Gasteiger partial charge >= 0.3 is 0 Å². The van der Waals surface area contributed by atoms with Gasteiger partial charge in [-0.25, -0.2) is 4.98 Å². The van der Waals surface area contributed by atoms with E-state index in [9.17, 15) is 4.79 Å². The minimum atomic E-state index is 0.412. The second kappa shape index (κ2) is 5.94. The Labute approximate surface area is 145 Å². The Bertz CT molecular complexity index is 1020. The van der Waals surface area contributed by atoms with Crippen LogP contribution in [-0.4, -0.2) is 34.8 Å². The van der Waals surface area contributed by atoms with Crippen LogP contribution in [0.5, 0.6) is 0 Å². The van der Waals surface area contributed by atoms with Gasteiger partial charge in [0.05, 0.1) is 23.4 Å². The van der Waals surface area contributed by atoms with Gasteiger partial charge in [-0.1, -0.05) is 5.46 Å². The topological polar surface area (TPSA) is 95.1 Å². The Morgan fingerprint density at radius 1 is 1.36 bits per heavy atom. The van der Waals surface area contributed by atoms with E-state index in [4.69, 9.17) is 13.1 Å². The summed E-state index contributed by atoms with van der Waals surface area (Å²) < 4.78 is 1.62. The van der Waals surface area contributed by atoms with Crippen LogP contribution in [0.15, 0.2) is 30.5 Å². The molecular weight excluding hydrogens is 315 g/mol. The Balaban J connectivity index is 1.76.